The molecule has 204 valence electrons. The van der Waals surface area contributed by atoms with E-state index in [-0.39, 0.29) is 41.5 Å². The molecule has 0 aliphatic heterocycles. The molecule has 3 amide bonds. The van der Waals surface area contributed by atoms with Gasteiger partial charge in [0, 0.05) is 19.3 Å². The molecule has 3 aromatic carbocycles. The average Bonchev–Trinajstić information content (AvgIpc) is 3.13. The zero-order valence-electron chi connectivity index (χ0n) is 21.8. The Morgan fingerprint density at radius 2 is 1.55 bits per heavy atom. The first-order valence-corrected chi connectivity index (χ1v) is 13.5. The number of fused-ring (bicyclic) bond motifs is 2. The number of hydrazine groups is 1. The first-order chi connectivity index (χ1) is 19.5. The number of nitrogens with zero attached hydrogens (tertiary/aromatic N) is 2. The summed E-state index contributed by atoms with van der Waals surface area (Å²) in [5.74, 6) is -0.109. The first kappa shape index (κ1) is 27.2. The number of hydrogen-bond donors (Lipinski definition) is 4. The molecule has 40 heavy (non-hydrogen) atoms. The van der Waals surface area contributed by atoms with E-state index < -0.39 is 6.03 Å². The van der Waals surface area contributed by atoms with Crippen molar-refractivity contribution >= 4 is 29.4 Å². The maximum Gasteiger partial charge on any atom is 0.334 e. The molecule has 0 bridgehead atoms. The summed E-state index contributed by atoms with van der Waals surface area (Å²) in [5, 5.41) is 12.7. The molecule has 9 heteroatoms. The molecule has 4 aromatic rings. The van der Waals surface area contributed by atoms with Crippen LogP contribution in [0.4, 0.5) is 10.6 Å². The number of rotatable bonds is 8. The lowest BCUT2D eigenvalue weighted by Crippen LogP contribution is -2.41. The van der Waals surface area contributed by atoms with Crippen LogP contribution in [0.5, 0.6) is 0 Å². The molecule has 1 aliphatic rings. The van der Waals surface area contributed by atoms with Gasteiger partial charge in [0.05, 0.1) is 23.2 Å². The maximum atomic E-state index is 13.1. The van der Waals surface area contributed by atoms with Gasteiger partial charge in [0.2, 0.25) is 0 Å². The number of aliphatic hydroxyl groups is 1. The number of nitrogens with one attached hydrogen (secondary N) is 3. The van der Waals surface area contributed by atoms with E-state index in [1.807, 2.05) is 66.7 Å². The highest BCUT2D eigenvalue weighted by Gasteiger charge is 2.25. The molecule has 0 atom stereocenters. The van der Waals surface area contributed by atoms with Gasteiger partial charge >= 0.3 is 6.03 Å². The Morgan fingerprint density at radius 3 is 2.17 bits per heavy atom. The van der Waals surface area contributed by atoms with Crippen molar-refractivity contribution in [3.8, 4) is 0 Å². The summed E-state index contributed by atoms with van der Waals surface area (Å²) in [4.78, 5) is 31.9. The number of hydrogen-bond acceptors (Lipinski definition) is 5. The smallest absolute Gasteiger partial charge is 0.334 e. The number of aliphatic hydroxyl groups excluding tert-OH is 1. The lowest BCUT2D eigenvalue weighted by Gasteiger charge is -2.23. The van der Waals surface area contributed by atoms with E-state index in [0.717, 1.165) is 29.5 Å². The van der Waals surface area contributed by atoms with Crippen molar-refractivity contribution in [1.29, 1.82) is 0 Å². The van der Waals surface area contributed by atoms with E-state index in [0.29, 0.717) is 6.54 Å². The van der Waals surface area contributed by atoms with Crippen molar-refractivity contribution in [1.82, 2.24) is 20.6 Å². The molecule has 5 rings (SSSR count). The predicted molar refractivity (Wildman–Crippen MR) is 155 cm³/mol. The number of carbonyl (C=O) groups excluding carboxylic acids is 2. The number of carbonyl (C=O) groups is 2. The minimum Gasteiger partial charge on any atom is -0.395 e. The van der Waals surface area contributed by atoms with E-state index in [1.54, 1.807) is 0 Å². The van der Waals surface area contributed by atoms with Gasteiger partial charge in [-0.2, -0.15) is 0 Å². The standard InChI is InChI=1S/C31H30ClN5O3/c32-27-18-24(30(39)37(16-17-38)20-21-8-2-1-3-9-21)19-33-29(27)35-36-31(40)34-28-25-12-6-4-10-22(25)14-15-23-11-5-7-13-26(23)28/h1-13,18-19,28,38H,14-17,20H2,(H,33,35)(H2,34,36,40). The van der Waals surface area contributed by atoms with Crippen LogP contribution in [0.2, 0.25) is 5.02 Å². The van der Waals surface area contributed by atoms with E-state index >= 15 is 0 Å². The number of halogens is 1. The van der Waals surface area contributed by atoms with E-state index in [9.17, 15) is 14.7 Å². The van der Waals surface area contributed by atoms with E-state index in [2.05, 4.69) is 33.3 Å². The molecule has 0 fully saturated rings. The number of pyridine rings is 1. The van der Waals surface area contributed by atoms with E-state index in [4.69, 9.17) is 11.6 Å². The van der Waals surface area contributed by atoms with E-state index in [1.165, 1.54) is 28.3 Å². The molecule has 4 N–H and O–H groups in total. The Bertz CT molecular complexity index is 1450. The van der Waals surface area contributed by atoms with Gasteiger partial charge in [0.25, 0.3) is 5.91 Å². The van der Waals surface area contributed by atoms with Crippen LogP contribution >= 0.6 is 11.6 Å². The minimum absolute atomic E-state index is 0.167. The number of aromatic nitrogens is 1. The molecular weight excluding hydrogens is 526 g/mol. The van der Waals surface area contributed by atoms with Crippen LogP contribution in [0, 0.1) is 0 Å². The number of benzene rings is 3. The summed E-state index contributed by atoms with van der Waals surface area (Å²) in [6.07, 6.45) is 3.19. The molecule has 0 saturated heterocycles. The fourth-order valence-electron chi connectivity index (χ4n) is 4.97. The third kappa shape index (κ3) is 6.25. The van der Waals surface area contributed by atoms with Crippen molar-refractivity contribution < 1.29 is 14.7 Å². The van der Waals surface area contributed by atoms with Crippen molar-refractivity contribution in [2.24, 2.45) is 0 Å². The lowest BCUT2D eigenvalue weighted by molar-refractivity contribution is 0.0707. The Labute approximate surface area is 238 Å². The first-order valence-electron chi connectivity index (χ1n) is 13.1. The fraction of sp³-hybridized carbons (Fsp3) is 0.194. The SMILES string of the molecule is O=C(NNc1ncc(C(=O)N(CCO)Cc2ccccc2)cc1Cl)NC1c2ccccc2CCc2ccccc21. The summed E-state index contributed by atoms with van der Waals surface area (Å²) in [6.45, 7) is 0.335. The molecule has 1 heterocycles. The molecule has 1 aromatic heterocycles. The summed E-state index contributed by atoms with van der Waals surface area (Å²) in [6, 6.07) is 26.5. The monoisotopic (exact) mass is 555 g/mol. The molecule has 8 nitrogen and oxygen atoms in total. The van der Waals surface area contributed by atoms with Gasteiger partial charge in [0.1, 0.15) is 0 Å². The van der Waals surface area contributed by atoms with Gasteiger partial charge in [-0.3, -0.25) is 15.6 Å². The van der Waals surface area contributed by atoms with Crippen LogP contribution in [-0.2, 0) is 19.4 Å². The Morgan fingerprint density at radius 1 is 0.925 bits per heavy atom. The Hall–Kier alpha value is -4.40. The Kier molecular flexibility index (Phi) is 8.59. The van der Waals surface area contributed by atoms with Gasteiger partial charge in [0.15, 0.2) is 5.82 Å². The lowest BCUT2D eigenvalue weighted by atomic mass is 9.95. The van der Waals surface area contributed by atoms with Crippen LogP contribution < -0.4 is 16.2 Å². The van der Waals surface area contributed by atoms with Crippen LogP contribution in [0.3, 0.4) is 0 Å². The van der Waals surface area contributed by atoms with Gasteiger partial charge in [-0.15, -0.1) is 0 Å². The van der Waals surface area contributed by atoms with Gasteiger partial charge in [-0.05, 0) is 46.7 Å². The van der Waals surface area contributed by atoms with Crippen molar-refractivity contribution in [2.45, 2.75) is 25.4 Å². The third-order valence-corrected chi connectivity index (χ3v) is 7.22. The average molecular weight is 556 g/mol. The van der Waals surface area contributed by atoms with Crippen LogP contribution in [0.25, 0.3) is 0 Å². The second-order valence-corrected chi connectivity index (χ2v) is 9.95. The maximum absolute atomic E-state index is 13.1. The molecule has 0 spiro atoms. The van der Waals surface area contributed by atoms with Crippen LogP contribution in [0.15, 0.2) is 91.1 Å². The summed E-state index contributed by atoms with van der Waals surface area (Å²) >= 11 is 6.43. The zero-order chi connectivity index (χ0) is 27.9. The molecule has 1 aliphatic carbocycles. The highest BCUT2D eigenvalue weighted by atomic mass is 35.5. The summed E-state index contributed by atoms with van der Waals surface area (Å²) in [5.41, 5.74) is 11.1. The predicted octanol–water partition coefficient (Wildman–Crippen LogP) is 4.88. The Balaban J connectivity index is 1.26. The van der Waals surface area contributed by atoms with Crippen molar-refractivity contribution in [3.05, 3.63) is 130 Å². The van der Waals surface area contributed by atoms with Crippen molar-refractivity contribution in [2.75, 3.05) is 18.6 Å². The molecule has 0 radical (unpaired) electrons. The normalized spacial score (nSPS) is 12.4. The minimum atomic E-state index is -0.452. The van der Waals surface area contributed by atoms with Crippen LogP contribution in [0.1, 0.15) is 44.2 Å². The number of urea groups is 1. The number of amides is 3. The van der Waals surface area contributed by atoms with Gasteiger partial charge in [-0.1, -0.05) is 90.5 Å². The quantitative estimate of drug-likeness (QED) is 0.232. The second kappa shape index (κ2) is 12.6. The third-order valence-electron chi connectivity index (χ3n) is 6.93. The second-order valence-electron chi connectivity index (χ2n) is 9.54. The molecule has 0 unspecified atom stereocenters. The molecule has 0 saturated carbocycles. The van der Waals surface area contributed by atoms with Gasteiger partial charge in [-0.25, -0.2) is 9.78 Å². The largest absolute Gasteiger partial charge is 0.395 e. The highest BCUT2D eigenvalue weighted by Crippen LogP contribution is 2.32. The van der Waals surface area contributed by atoms with Gasteiger partial charge < -0.3 is 15.3 Å². The topological polar surface area (TPSA) is 107 Å². The number of anilines is 1. The van der Waals surface area contributed by atoms with Crippen LogP contribution in [-0.4, -0.2) is 40.1 Å². The summed E-state index contributed by atoms with van der Waals surface area (Å²) < 4.78 is 0. The fourth-order valence-corrected chi connectivity index (χ4v) is 5.18. The van der Waals surface area contributed by atoms with Crippen molar-refractivity contribution in [3.63, 3.8) is 0 Å². The highest BCUT2D eigenvalue weighted by molar-refractivity contribution is 6.33. The zero-order valence-corrected chi connectivity index (χ0v) is 22.6. The molecular formula is C31H30ClN5O3. The summed E-state index contributed by atoms with van der Waals surface area (Å²) in [7, 11) is 0. The number of aryl methyl sites for hydroxylation is 2.